The predicted molar refractivity (Wildman–Crippen MR) is 55.6 cm³/mol. The van der Waals surface area contributed by atoms with Crippen LogP contribution in [-0.2, 0) is 0 Å². The predicted octanol–water partition coefficient (Wildman–Crippen LogP) is 2.90. The molecule has 0 saturated heterocycles. The van der Waals surface area contributed by atoms with E-state index < -0.39 is 18.4 Å². The molecule has 0 spiro atoms. The van der Waals surface area contributed by atoms with Crippen LogP contribution in [0.3, 0.4) is 0 Å². The molecule has 1 unspecified atom stereocenters. The number of benzene rings is 1. The fraction of sp³-hybridized carbons (Fsp3) is 0.455. The Morgan fingerprint density at radius 2 is 1.88 bits per heavy atom. The SMILES string of the molecule is COc1ccc(C)cc1C(N)C(F)(F)C(F)F. The van der Waals surface area contributed by atoms with Crippen LogP contribution in [0.25, 0.3) is 0 Å². The molecule has 0 aromatic heterocycles. The molecule has 0 aliphatic heterocycles. The molecule has 0 heterocycles. The normalized spacial score (nSPS) is 13.9. The second kappa shape index (κ2) is 4.91. The Kier molecular flexibility index (Phi) is 3.98. The van der Waals surface area contributed by atoms with Gasteiger partial charge in [0.25, 0.3) is 0 Å². The van der Waals surface area contributed by atoms with Gasteiger partial charge in [-0.25, -0.2) is 8.78 Å². The first kappa shape index (κ1) is 13.8. The molecule has 0 amide bonds. The summed E-state index contributed by atoms with van der Waals surface area (Å²) in [5.41, 5.74) is 5.72. The van der Waals surface area contributed by atoms with E-state index in [1.165, 1.54) is 19.2 Å². The van der Waals surface area contributed by atoms with E-state index in [0.717, 1.165) is 0 Å². The molecular formula is C11H13F4NO. The van der Waals surface area contributed by atoms with E-state index in [1.807, 2.05) is 0 Å². The molecule has 0 saturated carbocycles. The van der Waals surface area contributed by atoms with Crippen molar-refractivity contribution in [3.8, 4) is 5.75 Å². The van der Waals surface area contributed by atoms with Crippen LogP contribution in [0.2, 0.25) is 0 Å². The van der Waals surface area contributed by atoms with Crippen molar-refractivity contribution < 1.29 is 22.3 Å². The Balaban J connectivity index is 3.19. The average Bonchev–Trinajstić information content (AvgIpc) is 2.27. The van der Waals surface area contributed by atoms with Gasteiger partial charge in [0.15, 0.2) is 0 Å². The van der Waals surface area contributed by atoms with Crippen LogP contribution < -0.4 is 10.5 Å². The number of nitrogens with two attached hydrogens (primary N) is 1. The van der Waals surface area contributed by atoms with Crippen LogP contribution in [0.4, 0.5) is 17.6 Å². The standard InChI is InChI=1S/C11H13F4NO/c1-6-3-4-8(17-2)7(5-6)9(16)11(14,15)10(12)13/h3-5,9-10H,16H2,1-2H3. The van der Waals surface area contributed by atoms with Gasteiger partial charge in [0.1, 0.15) is 11.8 Å². The number of methoxy groups -OCH3 is 1. The van der Waals surface area contributed by atoms with Crippen molar-refractivity contribution in [3.63, 3.8) is 0 Å². The van der Waals surface area contributed by atoms with Gasteiger partial charge < -0.3 is 10.5 Å². The molecule has 17 heavy (non-hydrogen) atoms. The highest BCUT2D eigenvalue weighted by atomic mass is 19.3. The molecule has 2 N–H and O–H groups in total. The summed E-state index contributed by atoms with van der Waals surface area (Å²) in [6.45, 7) is 1.65. The summed E-state index contributed by atoms with van der Waals surface area (Å²) in [5.74, 6) is -4.22. The van der Waals surface area contributed by atoms with Crippen LogP contribution in [0.15, 0.2) is 18.2 Å². The van der Waals surface area contributed by atoms with Gasteiger partial charge in [0.2, 0.25) is 0 Å². The molecular weight excluding hydrogens is 238 g/mol. The quantitative estimate of drug-likeness (QED) is 0.835. The van der Waals surface area contributed by atoms with Crippen molar-refractivity contribution in [2.75, 3.05) is 7.11 Å². The molecule has 0 aliphatic carbocycles. The third-order valence-corrected chi connectivity index (χ3v) is 2.43. The fourth-order valence-electron chi connectivity index (χ4n) is 1.44. The van der Waals surface area contributed by atoms with Gasteiger partial charge in [0, 0.05) is 5.56 Å². The Hall–Kier alpha value is -1.30. The highest BCUT2D eigenvalue weighted by molar-refractivity contribution is 5.40. The summed E-state index contributed by atoms with van der Waals surface area (Å²) in [6.07, 6.45) is -3.82. The van der Waals surface area contributed by atoms with Gasteiger partial charge in [0.05, 0.1) is 7.11 Å². The number of rotatable bonds is 4. The van der Waals surface area contributed by atoms with Gasteiger partial charge in [-0.1, -0.05) is 17.7 Å². The van der Waals surface area contributed by atoms with Gasteiger partial charge in [-0.05, 0) is 13.0 Å². The summed E-state index contributed by atoms with van der Waals surface area (Å²) in [4.78, 5) is 0. The molecule has 0 bridgehead atoms. The molecule has 0 aliphatic rings. The van der Waals surface area contributed by atoms with Crippen molar-refractivity contribution in [2.24, 2.45) is 5.73 Å². The van der Waals surface area contributed by atoms with Gasteiger partial charge in [-0.2, -0.15) is 8.78 Å². The first-order chi connectivity index (χ1) is 7.80. The maximum absolute atomic E-state index is 13.1. The number of alkyl halides is 4. The van der Waals surface area contributed by atoms with E-state index in [0.29, 0.717) is 5.56 Å². The Labute approximate surface area is 96.4 Å². The van der Waals surface area contributed by atoms with E-state index >= 15 is 0 Å². The summed E-state index contributed by atoms with van der Waals surface area (Å²) in [7, 11) is 1.27. The van der Waals surface area contributed by atoms with Crippen LogP contribution in [0.5, 0.6) is 5.75 Å². The summed E-state index contributed by atoms with van der Waals surface area (Å²) in [5, 5.41) is 0. The lowest BCUT2D eigenvalue weighted by atomic mass is 9.98. The summed E-state index contributed by atoms with van der Waals surface area (Å²) in [6, 6.07) is 2.26. The number of ether oxygens (including phenoxy) is 1. The van der Waals surface area contributed by atoms with Crippen molar-refractivity contribution in [2.45, 2.75) is 25.3 Å². The summed E-state index contributed by atoms with van der Waals surface area (Å²) < 4.78 is 55.6. The zero-order chi connectivity index (χ0) is 13.2. The maximum atomic E-state index is 13.1. The van der Waals surface area contributed by atoms with Crippen molar-refractivity contribution >= 4 is 0 Å². The third-order valence-electron chi connectivity index (χ3n) is 2.43. The maximum Gasteiger partial charge on any atom is 0.326 e. The highest BCUT2D eigenvalue weighted by Crippen LogP contribution is 2.38. The summed E-state index contributed by atoms with van der Waals surface area (Å²) >= 11 is 0. The molecule has 1 aromatic rings. The number of hydrogen-bond donors (Lipinski definition) is 1. The molecule has 2 nitrogen and oxygen atoms in total. The van der Waals surface area contributed by atoms with Crippen LogP contribution in [0.1, 0.15) is 17.2 Å². The zero-order valence-electron chi connectivity index (χ0n) is 9.38. The lowest BCUT2D eigenvalue weighted by molar-refractivity contribution is -0.144. The highest BCUT2D eigenvalue weighted by Gasteiger charge is 2.48. The molecule has 1 rings (SSSR count). The second-order valence-electron chi connectivity index (χ2n) is 3.70. The van der Waals surface area contributed by atoms with E-state index in [2.05, 4.69) is 0 Å². The smallest absolute Gasteiger partial charge is 0.326 e. The van der Waals surface area contributed by atoms with Gasteiger partial charge in [-0.3, -0.25) is 0 Å². The van der Waals surface area contributed by atoms with Gasteiger partial charge >= 0.3 is 12.3 Å². The monoisotopic (exact) mass is 251 g/mol. The Bertz CT molecular complexity index is 395. The Morgan fingerprint density at radius 1 is 1.29 bits per heavy atom. The number of halogens is 4. The molecule has 1 aromatic carbocycles. The number of aryl methyl sites for hydroxylation is 1. The van der Waals surface area contributed by atoms with Gasteiger partial charge in [-0.15, -0.1) is 0 Å². The zero-order valence-corrected chi connectivity index (χ0v) is 9.38. The molecule has 0 radical (unpaired) electrons. The first-order valence-corrected chi connectivity index (χ1v) is 4.86. The van der Waals surface area contributed by atoms with Crippen LogP contribution >= 0.6 is 0 Å². The largest absolute Gasteiger partial charge is 0.496 e. The fourth-order valence-corrected chi connectivity index (χ4v) is 1.44. The van der Waals surface area contributed by atoms with Crippen LogP contribution in [-0.4, -0.2) is 19.5 Å². The second-order valence-corrected chi connectivity index (χ2v) is 3.70. The Morgan fingerprint density at radius 3 is 2.35 bits per heavy atom. The minimum Gasteiger partial charge on any atom is -0.496 e. The first-order valence-electron chi connectivity index (χ1n) is 4.86. The third kappa shape index (κ3) is 2.69. The topological polar surface area (TPSA) is 35.2 Å². The minimum atomic E-state index is -4.29. The van der Waals surface area contributed by atoms with Crippen molar-refractivity contribution in [3.05, 3.63) is 29.3 Å². The van der Waals surface area contributed by atoms with Crippen LogP contribution in [0, 0.1) is 6.92 Å². The molecule has 6 heteroatoms. The average molecular weight is 251 g/mol. The van der Waals surface area contributed by atoms with E-state index in [1.54, 1.807) is 13.0 Å². The van der Waals surface area contributed by atoms with E-state index in [-0.39, 0.29) is 11.3 Å². The lowest BCUT2D eigenvalue weighted by Crippen LogP contribution is -2.39. The molecule has 1 atom stereocenters. The molecule has 0 fully saturated rings. The molecule has 96 valence electrons. The lowest BCUT2D eigenvalue weighted by Gasteiger charge is -2.24. The van der Waals surface area contributed by atoms with E-state index in [4.69, 9.17) is 10.5 Å². The van der Waals surface area contributed by atoms with Crippen molar-refractivity contribution in [1.29, 1.82) is 0 Å². The van der Waals surface area contributed by atoms with Crippen molar-refractivity contribution in [1.82, 2.24) is 0 Å². The minimum absolute atomic E-state index is 0.0726. The van der Waals surface area contributed by atoms with E-state index in [9.17, 15) is 17.6 Å². The number of hydrogen-bond acceptors (Lipinski definition) is 2.